The van der Waals surface area contributed by atoms with Gasteiger partial charge in [-0.1, -0.05) is 20.8 Å². The van der Waals surface area contributed by atoms with Crippen LogP contribution in [0.1, 0.15) is 37.9 Å². The SMILES string of the molecule is CCc1nc(CC(C)C)nc(NC)c1C. The average molecular weight is 207 g/mol. The van der Waals surface area contributed by atoms with Gasteiger partial charge < -0.3 is 5.32 Å². The van der Waals surface area contributed by atoms with Crippen LogP contribution in [0.4, 0.5) is 5.82 Å². The molecule has 0 fully saturated rings. The molecule has 3 nitrogen and oxygen atoms in total. The summed E-state index contributed by atoms with van der Waals surface area (Å²) in [5.74, 6) is 2.52. The first-order valence-electron chi connectivity index (χ1n) is 5.62. The zero-order valence-corrected chi connectivity index (χ0v) is 10.4. The van der Waals surface area contributed by atoms with E-state index in [1.807, 2.05) is 7.05 Å². The van der Waals surface area contributed by atoms with Gasteiger partial charge in [-0.15, -0.1) is 0 Å². The molecule has 0 spiro atoms. The van der Waals surface area contributed by atoms with Crippen LogP contribution < -0.4 is 5.32 Å². The summed E-state index contributed by atoms with van der Waals surface area (Å²) in [6.45, 7) is 8.58. The second-order valence-electron chi connectivity index (χ2n) is 4.26. The first kappa shape index (κ1) is 12.0. The maximum atomic E-state index is 4.59. The Balaban J connectivity index is 3.09. The molecular weight excluding hydrogens is 186 g/mol. The third-order valence-electron chi connectivity index (χ3n) is 2.46. The van der Waals surface area contributed by atoms with Crippen molar-refractivity contribution in [3.05, 3.63) is 17.1 Å². The van der Waals surface area contributed by atoms with Crippen molar-refractivity contribution >= 4 is 5.82 Å². The minimum Gasteiger partial charge on any atom is -0.373 e. The van der Waals surface area contributed by atoms with Gasteiger partial charge >= 0.3 is 0 Å². The lowest BCUT2D eigenvalue weighted by Crippen LogP contribution is -2.09. The van der Waals surface area contributed by atoms with Crippen LogP contribution in [0.2, 0.25) is 0 Å². The van der Waals surface area contributed by atoms with Crippen LogP contribution in [-0.2, 0) is 12.8 Å². The summed E-state index contributed by atoms with van der Waals surface area (Å²) in [5, 5.41) is 3.13. The number of aryl methyl sites for hydroxylation is 1. The van der Waals surface area contributed by atoms with E-state index in [0.717, 1.165) is 30.2 Å². The Bertz CT molecular complexity index is 307. The molecular formula is C12H21N3. The maximum absolute atomic E-state index is 4.59. The molecule has 0 unspecified atom stereocenters. The van der Waals surface area contributed by atoms with Crippen LogP contribution in [0.25, 0.3) is 0 Å². The van der Waals surface area contributed by atoms with E-state index in [1.165, 1.54) is 5.56 Å². The lowest BCUT2D eigenvalue weighted by Gasteiger charge is -2.12. The third kappa shape index (κ3) is 2.91. The van der Waals surface area contributed by atoms with E-state index in [0.29, 0.717) is 5.92 Å². The standard InChI is InChI=1S/C12H21N3/c1-6-10-9(4)12(13-5)15-11(14-10)7-8(2)3/h8H,6-7H2,1-5H3,(H,13,14,15). The summed E-state index contributed by atoms with van der Waals surface area (Å²) in [6, 6.07) is 0. The van der Waals surface area contributed by atoms with Crippen LogP contribution in [-0.4, -0.2) is 17.0 Å². The van der Waals surface area contributed by atoms with Gasteiger partial charge in [-0.3, -0.25) is 0 Å². The van der Waals surface area contributed by atoms with Gasteiger partial charge in [-0.25, -0.2) is 9.97 Å². The summed E-state index contributed by atoms with van der Waals surface area (Å²) < 4.78 is 0. The van der Waals surface area contributed by atoms with E-state index < -0.39 is 0 Å². The van der Waals surface area contributed by atoms with Crippen LogP contribution in [0.3, 0.4) is 0 Å². The number of nitrogens with zero attached hydrogens (tertiary/aromatic N) is 2. The van der Waals surface area contributed by atoms with Gasteiger partial charge in [-0.05, 0) is 19.3 Å². The number of rotatable bonds is 4. The average Bonchev–Trinajstić information content (AvgIpc) is 2.19. The van der Waals surface area contributed by atoms with Gasteiger partial charge in [-0.2, -0.15) is 0 Å². The monoisotopic (exact) mass is 207 g/mol. The molecule has 0 radical (unpaired) electrons. The van der Waals surface area contributed by atoms with Crippen molar-refractivity contribution in [2.75, 3.05) is 12.4 Å². The van der Waals surface area contributed by atoms with Crippen molar-refractivity contribution in [1.82, 2.24) is 9.97 Å². The van der Waals surface area contributed by atoms with Gasteiger partial charge in [0.15, 0.2) is 0 Å². The van der Waals surface area contributed by atoms with E-state index in [4.69, 9.17) is 0 Å². The normalized spacial score (nSPS) is 10.8. The fourth-order valence-electron chi connectivity index (χ4n) is 1.66. The van der Waals surface area contributed by atoms with E-state index in [-0.39, 0.29) is 0 Å². The van der Waals surface area contributed by atoms with Crippen LogP contribution in [0.15, 0.2) is 0 Å². The van der Waals surface area contributed by atoms with Crippen molar-refractivity contribution in [2.24, 2.45) is 5.92 Å². The fourth-order valence-corrected chi connectivity index (χ4v) is 1.66. The van der Waals surface area contributed by atoms with Crippen molar-refractivity contribution in [1.29, 1.82) is 0 Å². The van der Waals surface area contributed by atoms with Crippen molar-refractivity contribution in [3.8, 4) is 0 Å². The first-order valence-corrected chi connectivity index (χ1v) is 5.62. The molecule has 1 heterocycles. The molecule has 0 saturated heterocycles. The van der Waals surface area contributed by atoms with Crippen molar-refractivity contribution < 1.29 is 0 Å². The number of aromatic nitrogens is 2. The molecule has 1 aromatic heterocycles. The number of hydrogen-bond acceptors (Lipinski definition) is 3. The van der Waals surface area contributed by atoms with E-state index in [1.54, 1.807) is 0 Å². The molecule has 0 atom stereocenters. The molecule has 0 bridgehead atoms. The van der Waals surface area contributed by atoms with Gasteiger partial charge in [0.2, 0.25) is 0 Å². The Morgan fingerprint density at radius 2 is 1.93 bits per heavy atom. The summed E-state index contributed by atoms with van der Waals surface area (Å²) in [5.41, 5.74) is 2.33. The second-order valence-corrected chi connectivity index (χ2v) is 4.26. The van der Waals surface area contributed by atoms with Crippen molar-refractivity contribution in [3.63, 3.8) is 0 Å². The van der Waals surface area contributed by atoms with Crippen LogP contribution >= 0.6 is 0 Å². The van der Waals surface area contributed by atoms with Crippen LogP contribution in [0.5, 0.6) is 0 Å². The van der Waals surface area contributed by atoms with Crippen molar-refractivity contribution in [2.45, 2.75) is 40.5 Å². The minimum absolute atomic E-state index is 0.599. The maximum Gasteiger partial charge on any atom is 0.132 e. The van der Waals surface area contributed by atoms with Gasteiger partial charge in [0.1, 0.15) is 11.6 Å². The summed E-state index contributed by atoms with van der Waals surface area (Å²) in [4.78, 5) is 9.11. The highest BCUT2D eigenvalue weighted by atomic mass is 15.0. The summed E-state index contributed by atoms with van der Waals surface area (Å²) in [7, 11) is 1.91. The topological polar surface area (TPSA) is 37.8 Å². The van der Waals surface area contributed by atoms with Crippen LogP contribution in [0, 0.1) is 12.8 Å². The number of anilines is 1. The predicted octanol–water partition coefficient (Wildman–Crippen LogP) is 2.59. The molecule has 0 saturated carbocycles. The molecule has 0 aliphatic carbocycles. The second kappa shape index (κ2) is 5.10. The zero-order chi connectivity index (χ0) is 11.4. The molecule has 0 aromatic carbocycles. The molecule has 84 valence electrons. The first-order chi connectivity index (χ1) is 7.08. The van der Waals surface area contributed by atoms with Gasteiger partial charge in [0, 0.05) is 24.7 Å². The Hall–Kier alpha value is -1.12. The Morgan fingerprint density at radius 1 is 1.27 bits per heavy atom. The smallest absolute Gasteiger partial charge is 0.132 e. The number of nitrogens with one attached hydrogen (secondary N) is 1. The van der Waals surface area contributed by atoms with Gasteiger partial charge in [0.05, 0.1) is 0 Å². The summed E-state index contributed by atoms with van der Waals surface area (Å²) in [6.07, 6.45) is 1.91. The highest BCUT2D eigenvalue weighted by Crippen LogP contribution is 2.16. The molecule has 1 N–H and O–H groups in total. The van der Waals surface area contributed by atoms with E-state index in [9.17, 15) is 0 Å². The van der Waals surface area contributed by atoms with E-state index in [2.05, 4.69) is 43.0 Å². The third-order valence-corrected chi connectivity index (χ3v) is 2.46. The highest BCUT2D eigenvalue weighted by molar-refractivity contribution is 5.45. The molecule has 3 heteroatoms. The lowest BCUT2D eigenvalue weighted by molar-refractivity contribution is 0.617. The summed E-state index contributed by atoms with van der Waals surface area (Å²) >= 11 is 0. The largest absolute Gasteiger partial charge is 0.373 e. The lowest BCUT2D eigenvalue weighted by atomic mass is 10.1. The Morgan fingerprint density at radius 3 is 2.40 bits per heavy atom. The zero-order valence-electron chi connectivity index (χ0n) is 10.4. The molecule has 1 rings (SSSR count). The Kier molecular flexibility index (Phi) is 4.06. The minimum atomic E-state index is 0.599. The number of hydrogen-bond donors (Lipinski definition) is 1. The molecule has 0 amide bonds. The molecule has 15 heavy (non-hydrogen) atoms. The fraction of sp³-hybridized carbons (Fsp3) is 0.667. The Labute approximate surface area is 92.3 Å². The molecule has 0 aliphatic heterocycles. The molecule has 1 aromatic rings. The van der Waals surface area contributed by atoms with E-state index >= 15 is 0 Å². The van der Waals surface area contributed by atoms with Gasteiger partial charge in [0.25, 0.3) is 0 Å². The molecule has 0 aliphatic rings. The highest BCUT2D eigenvalue weighted by Gasteiger charge is 2.09. The quantitative estimate of drug-likeness (QED) is 0.824. The predicted molar refractivity (Wildman–Crippen MR) is 64.2 cm³/mol.